The number of hydrogen-bond acceptors (Lipinski definition) is 4. The van der Waals surface area contributed by atoms with E-state index >= 15 is 0 Å². The van der Waals surface area contributed by atoms with E-state index in [2.05, 4.69) is 17.4 Å². The molecule has 2 aromatic rings. The van der Waals surface area contributed by atoms with Gasteiger partial charge in [0.15, 0.2) is 0 Å². The van der Waals surface area contributed by atoms with Crippen LogP contribution in [0.4, 0.5) is 4.79 Å². The summed E-state index contributed by atoms with van der Waals surface area (Å²) in [6.07, 6.45) is 1.05. The lowest BCUT2D eigenvalue weighted by molar-refractivity contribution is -0.158. The first-order valence-corrected chi connectivity index (χ1v) is 11.6. The van der Waals surface area contributed by atoms with E-state index in [1.807, 2.05) is 50.2 Å². The molecule has 1 aliphatic heterocycles. The van der Waals surface area contributed by atoms with Crippen LogP contribution in [0.5, 0.6) is 0 Å². The highest BCUT2D eigenvalue weighted by molar-refractivity contribution is 5.90. The fourth-order valence-corrected chi connectivity index (χ4v) is 4.68. The Morgan fingerprint density at radius 3 is 2.21 bits per heavy atom. The first kappa shape index (κ1) is 22.8. The number of carboxylic acids is 1. The number of carbonyl (C=O) groups excluding carboxylic acids is 2. The Kier molecular flexibility index (Phi) is 6.67. The van der Waals surface area contributed by atoms with Crippen LogP contribution in [0.2, 0.25) is 0 Å². The van der Waals surface area contributed by atoms with Gasteiger partial charge in [0.05, 0.1) is 0 Å². The zero-order valence-corrected chi connectivity index (χ0v) is 19.0. The zero-order chi connectivity index (χ0) is 23.5. The summed E-state index contributed by atoms with van der Waals surface area (Å²) in [6, 6.07) is 14.6. The van der Waals surface area contributed by atoms with Crippen molar-refractivity contribution >= 4 is 18.0 Å². The molecule has 33 heavy (non-hydrogen) atoms. The van der Waals surface area contributed by atoms with Crippen molar-refractivity contribution in [2.75, 3.05) is 13.2 Å². The van der Waals surface area contributed by atoms with Crippen molar-refractivity contribution < 1.29 is 24.2 Å². The molecule has 3 unspecified atom stereocenters. The fourth-order valence-electron chi connectivity index (χ4n) is 4.68. The highest BCUT2D eigenvalue weighted by atomic mass is 16.5. The van der Waals surface area contributed by atoms with Gasteiger partial charge in [0.25, 0.3) is 0 Å². The molecule has 2 aliphatic rings. The molecule has 7 nitrogen and oxygen atoms in total. The quantitative estimate of drug-likeness (QED) is 0.633. The second-order valence-corrected chi connectivity index (χ2v) is 8.95. The molecule has 0 radical (unpaired) electrons. The summed E-state index contributed by atoms with van der Waals surface area (Å²) in [5.41, 5.74) is 4.51. The van der Waals surface area contributed by atoms with Gasteiger partial charge in [0.1, 0.15) is 18.7 Å². The number of benzene rings is 2. The molecular formula is C26H30N2O5. The van der Waals surface area contributed by atoms with E-state index in [-0.39, 0.29) is 24.3 Å². The number of nitrogens with zero attached hydrogens (tertiary/aromatic N) is 1. The maximum atomic E-state index is 13.0. The van der Waals surface area contributed by atoms with Gasteiger partial charge >= 0.3 is 12.1 Å². The fraction of sp³-hybridized carbons (Fsp3) is 0.423. The van der Waals surface area contributed by atoms with E-state index in [1.54, 1.807) is 0 Å². The number of fused-ring (bicyclic) bond motifs is 3. The molecule has 7 heteroatoms. The predicted molar refractivity (Wildman–Crippen MR) is 124 cm³/mol. The van der Waals surface area contributed by atoms with Crippen LogP contribution in [0.15, 0.2) is 48.5 Å². The summed E-state index contributed by atoms with van der Waals surface area (Å²) in [6.45, 7) is 4.57. The van der Waals surface area contributed by atoms with Gasteiger partial charge in [-0.15, -0.1) is 0 Å². The van der Waals surface area contributed by atoms with Gasteiger partial charge in [-0.1, -0.05) is 68.8 Å². The van der Waals surface area contributed by atoms with Crippen molar-refractivity contribution in [2.24, 2.45) is 5.92 Å². The van der Waals surface area contributed by atoms with E-state index in [0.29, 0.717) is 19.4 Å². The Bertz CT molecular complexity index is 1010. The van der Waals surface area contributed by atoms with Gasteiger partial charge < -0.3 is 20.1 Å². The van der Waals surface area contributed by atoms with Gasteiger partial charge in [-0.2, -0.15) is 0 Å². The average molecular weight is 451 g/mol. The van der Waals surface area contributed by atoms with Crippen LogP contribution in [0.3, 0.4) is 0 Å². The summed E-state index contributed by atoms with van der Waals surface area (Å²) in [5, 5.41) is 12.0. The topological polar surface area (TPSA) is 95.9 Å². The second-order valence-electron chi connectivity index (χ2n) is 8.95. The molecule has 1 saturated heterocycles. The summed E-state index contributed by atoms with van der Waals surface area (Å²) in [5.74, 6) is -1.25. The van der Waals surface area contributed by atoms with Gasteiger partial charge in [0.2, 0.25) is 5.91 Å². The van der Waals surface area contributed by atoms with Crippen LogP contribution in [-0.2, 0) is 14.3 Å². The minimum Gasteiger partial charge on any atom is -0.480 e. The van der Waals surface area contributed by atoms with Crippen molar-refractivity contribution in [2.45, 2.75) is 51.1 Å². The van der Waals surface area contributed by atoms with E-state index in [1.165, 1.54) is 4.90 Å². The number of alkyl carbamates (subject to hydrolysis) is 1. The predicted octanol–water partition coefficient (Wildman–Crippen LogP) is 4.02. The van der Waals surface area contributed by atoms with Gasteiger partial charge in [-0.05, 0) is 41.0 Å². The Balaban J connectivity index is 1.44. The van der Waals surface area contributed by atoms with Crippen LogP contribution < -0.4 is 5.32 Å². The molecule has 174 valence electrons. The van der Waals surface area contributed by atoms with Gasteiger partial charge in [-0.3, -0.25) is 4.79 Å². The molecule has 1 fully saturated rings. The molecule has 0 spiro atoms. The molecule has 0 bridgehead atoms. The number of carbonyl (C=O) groups is 3. The third-order valence-electron chi connectivity index (χ3n) is 6.86. The number of rotatable bonds is 8. The minimum absolute atomic E-state index is 0.0707. The van der Waals surface area contributed by atoms with E-state index < -0.39 is 24.1 Å². The minimum atomic E-state index is -1.02. The van der Waals surface area contributed by atoms with Crippen molar-refractivity contribution in [3.8, 4) is 11.1 Å². The Hall–Kier alpha value is -3.35. The number of ether oxygens (including phenoxy) is 1. The van der Waals surface area contributed by atoms with Crippen molar-refractivity contribution in [3.05, 3.63) is 59.7 Å². The third kappa shape index (κ3) is 4.58. The van der Waals surface area contributed by atoms with E-state index in [0.717, 1.165) is 28.7 Å². The van der Waals surface area contributed by atoms with Crippen LogP contribution in [-0.4, -0.2) is 53.2 Å². The van der Waals surface area contributed by atoms with E-state index in [9.17, 15) is 19.5 Å². The van der Waals surface area contributed by atoms with Crippen molar-refractivity contribution in [1.29, 1.82) is 0 Å². The highest BCUT2D eigenvalue weighted by Gasteiger charge is 2.41. The average Bonchev–Trinajstić information content (AvgIpc) is 3.09. The van der Waals surface area contributed by atoms with Crippen LogP contribution in [0.1, 0.15) is 50.2 Å². The molecule has 1 heterocycles. The van der Waals surface area contributed by atoms with Gasteiger partial charge in [0, 0.05) is 12.5 Å². The maximum Gasteiger partial charge on any atom is 0.407 e. The lowest BCUT2D eigenvalue weighted by atomic mass is 9.95. The number of carboxylic acid groups (broad SMARTS) is 1. The molecular weight excluding hydrogens is 420 g/mol. The Morgan fingerprint density at radius 2 is 1.70 bits per heavy atom. The van der Waals surface area contributed by atoms with Crippen LogP contribution in [0, 0.1) is 5.92 Å². The number of likely N-dealkylation sites (tertiary alicyclic amines) is 1. The first-order chi connectivity index (χ1) is 15.9. The zero-order valence-electron chi connectivity index (χ0n) is 19.0. The molecule has 2 N–H and O–H groups in total. The number of nitrogens with one attached hydrogen (secondary N) is 1. The molecule has 2 amide bonds. The summed E-state index contributed by atoms with van der Waals surface area (Å²) in [7, 11) is 0. The van der Waals surface area contributed by atoms with Crippen LogP contribution >= 0.6 is 0 Å². The van der Waals surface area contributed by atoms with Crippen molar-refractivity contribution in [3.63, 3.8) is 0 Å². The number of hydrogen-bond donors (Lipinski definition) is 2. The molecule has 4 rings (SSSR count). The van der Waals surface area contributed by atoms with Crippen LogP contribution in [0.25, 0.3) is 11.1 Å². The molecule has 3 atom stereocenters. The lowest BCUT2D eigenvalue weighted by Crippen LogP contribution is -2.60. The van der Waals surface area contributed by atoms with E-state index in [4.69, 9.17) is 4.74 Å². The normalized spacial score (nSPS) is 18.5. The third-order valence-corrected chi connectivity index (χ3v) is 6.86. The van der Waals surface area contributed by atoms with Crippen molar-refractivity contribution in [1.82, 2.24) is 10.2 Å². The standard InChI is InChI=1S/C26H30N2O5/c1-3-16(2)14-22(24(29)28-13-12-23(28)25(30)31)27-26(32)33-15-21-19-10-6-4-8-17(19)18-9-5-7-11-20(18)21/h4-11,16,21-23H,3,12-15H2,1-2H3,(H,27,32)(H,30,31). The Labute approximate surface area is 193 Å². The summed E-state index contributed by atoms with van der Waals surface area (Å²) in [4.78, 5) is 38.4. The monoisotopic (exact) mass is 450 g/mol. The summed E-state index contributed by atoms with van der Waals surface area (Å²) < 4.78 is 5.60. The second kappa shape index (κ2) is 9.65. The largest absolute Gasteiger partial charge is 0.480 e. The molecule has 1 aliphatic carbocycles. The number of aliphatic carboxylic acids is 1. The molecule has 2 aromatic carbocycles. The summed E-state index contributed by atoms with van der Waals surface area (Å²) >= 11 is 0. The Morgan fingerprint density at radius 1 is 1.09 bits per heavy atom. The molecule has 0 saturated carbocycles. The SMILES string of the molecule is CCC(C)CC(NC(=O)OCC1c2ccccc2-c2ccccc21)C(=O)N1CCC1C(=O)O. The lowest BCUT2D eigenvalue weighted by Gasteiger charge is -2.40. The maximum absolute atomic E-state index is 13.0. The van der Waals surface area contributed by atoms with Gasteiger partial charge in [-0.25, -0.2) is 9.59 Å². The highest BCUT2D eigenvalue weighted by Crippen LogP contribution is 2.44. The first-order valence-electron chi connectivity index (χ1n) is 11.6. The number of amides is 2. The smallest absolute Gasteiger partial charge is 0.407 e. The molecule has 0 aromatic heterocycles.